The molecule has 1 amide bonds. The van der Waals surface area contributed by atoms with Gasteiger partial charge in [-0.1, -0.05) is 41.9 Å². The molecular weight excluding hydrogens is 410 g/mol. The number of nitrogens with zero attached hydrogens (tertiary/aromatic N) is 2. The number of pyridine rings is 1. The van der Waals surface area contributed by atoms with Crippen LogP contribution in [0.3, 0.4) is 0 Å². The molecule has 0 saturated carbocycles. The van der Waals surface area contributed by atoms with Crippen molar-refractivity contribution in [1.29, 1.82) is 0 Å². The van der Waals surface area contributed by atoms with E-state index in [4.69, 9.17) is 11.6 Å². The van der Waals surface area contributed by atoms with Gasteiger partial charge in [0.1, 0.15) is 5.65 Å². The van der Waals surface area contributed by atoms with Crippen LogP contribution in [0.2, 0.25) is 5.02 Å². The average Bonchev–Trinajstić information content (AvgIpc) is 3.21. The monoisotopic (exact) mass is 429 g/mol. The van der Waals surface area contributed by atoms with Gasteiger partial charge in [-0.3, -0.25) is 9.59 Å². The second-order valence-corrected chi connectivity index (χ2v) is 8.21. The molecule has 4 aromatic rings. The number of hydrogen-bond donors (Lipinski definition) is 1. The summed E-state index contributed by atoms with van der Waals surface area (Å²) >= 11 is 6.24. The van der Waals surface area contributed by atoms with E-state index in [1.54, 1.807) is 37.4 Å². The van der Waals surface area contributed by atoms with Crippen molar-refractivity contribution in [2.24, 2.45) is 0 Å². The predicted molar refractivity (Wildman–Crippen MR) is 121 cm³/mol. The molecule has 2 aromatic carbocycles. The number of rotatable bonds is 3. The van der Waals surface area contributed by atoms with Crippen molar-refractivity contribution in [1.82, 2.24) is 14.9 Å². The molecule has 0 spiro atoms. The van der Waals surface area contributed by atoms with E-state index in [-0.39, 0.29) is 11.7 Å². The Morgan fingerprint density at radius 3 is 2.68 bits per heavy atom. The standard InChI is InChI=1S/C25H20ClN3O2/c1-15(30)29-9-8-17-10-16(6-7-18(17)14-29)19-11-21-22(13-28-25(21)27-12-19)24(31)20-4-2-3-5-23(20)26/h2-7,10-13H,8-9,14H2,1H3,(H,27,28). The molecule has 1 aliphatic rings. The van der Waals surface area contributed by atoms with E-state index in [2.05, 4.69) is 22.1 Å². The molecular formula is C25H20ClN3O2. The Labute approximate surface area is 184 Å². The van der Waals surface area contributed by atoms with Crippen LogP contribution in [-0.4, -0.2) is 33.1 Å². The highest BCUT2D eigenvalue weighted by Gasteiger charge is 2.20. The summed E-state index contributed by atoms with van der Waals surface area (Å²) in [4.78, 5) is 34.3. The van der Waals surface area contributed by atoms with E-state index in [0.29, 0.717) is 28.3 Å². The van der Waals surface area contributed by atoms with Crippen LogP contribution in [0.25, 0.3) is 22.2 Å². The Balaban J connectivity index is 1.52. The van der Waals surface area contributed by atoms with E-state index >= 15 is 0 Å². The second-order valence-electron chi connectivity index (χ2n) is 7.81. The zero-order valence-electron chi connectivity index (χ0n) is 17.0. The van der Waals surface area contributed by atoms with Gasteiger partial charge in [-0.05, 0) is 41.3 Å². The summed E-state index contributed by atoms with van der Waals surface area (Å²) in [6.45, 7) is 2.99. The Morgan fingerprint density at radius 2 is 1.87 bits per heavy atom. The van der Waals surface area contributed by atoms with Crippen LogP contribution < -0.4 is 0 Å². The Hall–Kier alpha value is -3.44. The summed E-state index contributed by atoms with van der Waals surface area (Å²) in [5, 5.41) is 1.20. The molecule has 0 atom stereocenters. The fraction of sp³-hybridized carbons (Fsp3) is 0.160. The topological polar surface area (TPSA) is 66.1 Å². The van der Waals surface area contributed by atoms with Gasteiger partial charge in [0.2, 0.25) is 5.91 Å². The van der Waals surface area contributed by atoms with Gasteiger partial charge in [0.15, 0.2) is 5.78 Å². The first-order chi connectivity index (χ1) is 15.0. The molecule has 31 heavy (non-hydrogen) atoms. The lowest BCUT2D eigenvalue weighted by Gasteiger charge is -2.28. The van der Waals surface area contributed by atoms with Gasteiger partial charge in [-0.2, -0.15) is 0 Å². The first-order valence-electron chi connectivity index (χ1n) is 10.2. The molecule has 0 radical (unpaired) electrons. The predicted octanol–water partition coefficient (Wildman–Crippen LogP) is 5.02. The Kier molecular flexibility index (Phi) is 4.83. The van der Waals surface area contributed by atoms with Gasteiger partial charge in [-0.25, -0.2) is 4.98 Å². The van der Waals surface area contributed by atoms with Crippen LogP contribution in [-0.2, 0) is 17.8 Å². The molecule has 1 N–H and O–H groups in total. The highest BCUT2D eigenvalue weighted by atomic mass is 35.5. The summed E-state index contributed by atoms with van der Waals surface area (Å²) in [7, 11) is 0. The fourth-order valence-corrected chi connectivity index (χ4v) is 4.36. The normalized spacial score (nSPS) is 13.3. The molecule has 0 bridgehead atoms. The summed E-state index contributed by atoms with van der Waals surface area (Å²) in [6, 6.07) is 15.3. The second kappa shape index (κ2) is 7.67. The lowest BCUT2D eigenvalue weighted by Crippen LogP contribution is -2.34. The van der Waals surface area contributed by atoms with Gasteiger partial charge >= 0.3 is 0 Å². The zero-order chi connectivity index (χ0) is 21.5. The fourth-order valence-electron chi connectivity index (χ4n) is 4.14. The molecule has 6 heteroatoms. The van der Waals surface area contributed by atoms with E-state index in [1.165, 1.54) is 11.1 Å². The number of amides is 1. The minimum atomic E-state index is -0.134. The average molecular weight is 430 g/mol. The summed E-state index contributed by atoms with van der Waals surface area (Å²) in [5.74, 6) is -0.0295. The smallest absolute Gasteiger partial charge is 0.219 e. The van der Waals surface area contributed by atoms with E-state index < -0.39 is 0 Å². The summed E-state index contributed by atoms with van der Waals surface area (Å²) in [5.41, 5.74) is 6.09. The van der Waals surface area contributed by atoms with Crippen LogP contribution >= 0.6 is 11.6 Å². The third kappa shape index (κ3) is 3.51. The van der Waals surface area contributed by atoms with Gasteiger partial charge in [0, 0.05) is 54.5 Å². The molecule has 1 aliphatic heterocycles. The number of hydrogen-bond acceptors (Lipinski definition) is 3. The third-order valence-electron chi connectivity index (χ3n) is 5.89. The largest absolute Gasteiger partial charge is 0.345 e. The Bertz CT molecular complexity index is 1340. The molecule has 3 heterocycles. The van der Waals surface area contributed by atoms with Crippen LogP contribution in [0.15, 0.2) is 60.9 Å². The number of aromatic nitrogens is 2. The van der Waals surface area contributed by atoms with Crippen LogP contribution in [0.1, 0.15) is 34.0 Å². The highest BCUT2D eigenvalue weighted by molar-refractivity contribution is 6.35. The maximum Gasteiger partial charge on any atom is 0.219 e. The lowest BCUT2D eigenvalue weighted by atomic mass is 9.94. The van der Waals surface area contributed by atoms with Crippen molar-refractivity contribution in [2.75, 3.05) is 6.54 Å². The van der Waals surface area contributed by atoms with Crippen molar-refractivity contribution in [3.05, 3.63) is 88.2 Å². The number of fused-ring (bicyclic) bond motifs is 2. The minimum absolute atomic E-state index is 0.104. The highest BCUT2D eigenvalue weighted by Crippen LogP contribution is 2.30. The van der Waals surface area contributed by atoms with E-state index in [9.17, 15) is 9.59 Å². The number of halogens is 1. The van der Waals surface area contributed by atoms with Crippen molar-refractivity contribution in [2.45, 2.75) is 19.9 Å². The Morgan fingerprint density at radius 1 is 1.03 bits per heavy atom. The van der Waals surface area contributed by atoms with Crippen LogP contribution in [0.5, 0.6) is 0 Å². The van der Waals surface area contributed by atoms with Gasteiger partial charge in [0.25, 0.3) is 0 Å². The van der Waals surface area contributed by atoms with Crippen molar-refractivity contribution in [3.8, 4) is 11.1 Å². The molecule has 0 aliphatic carbocycles. The van der Waals surface area contributed by atoms with Gasteiger partial charge in [0.05, 0.1) is 5.02 Å². The van der Waals surface area contributed by atoms with Crippen molar-refractivity contribution >= 4 is 34.3 Å². The number of ketones is 1. The maximum atomic E-state index is 13.1. The minimum Gasteiger partial charge on any atom is -0.345 e. The lowest BCUT2D eigenvalue weighted by molar-refractivity contribution is -0.129. The number of benzene rings is 2. The number of aromatic amines is 1. The first kappa shape index (κ1) is 19.5. The van der Waals surface area contributed by atoms with E-state index in [0.717, 1.165) is 29.5 Å². The molecule has 5 nitrogen and oxygen atoms in total. The van der Waals surface area contributed by atoms with Gasteiger partial charge < -0.3 is 9.88 Å². The number of H-pyrrole nitrogens is 1. The van der Waals surface area contributed by atoms with Crippen LogP contribution in [0, 0.1) is 0 Å². The van der Waals surface area contributed by atoms with Crippen molar-refractivity contribution in [3.63, 3.8) is 0 Å². The van der Waals surface area contributed by atoms with Gasteiger partial charge in [-0.15, -0.1) is 0 Å². The molecule has 0 fully saturated rings. The number of nitrogens with one attached hydrogen (secondary N) is 1. The molecule has 154 valence electrons. The van der Waals surface area contributed by atoms with E-state index in [1.807, 2.05) is 23.2 Å². The molecule has 2 aromatic heterocycles. The summed E-state index contributed by atoms with van der Waals surface area (Å²) < 4.78 is 0. The number of carbonyl (C=O) groups is 2. The zero-order valence-corrected chi connectivity index (χ0v) is 17.7. The third-order valence-corrected chi connectivity index (χ3v) is 6.22. The van der Waals surface area contributed by atoms with Crippen molar-refractivity contribution < 1.29 is 9.59 Å². The number of carbonyl (C=O) groups excluding carboxylic acids is 2. The molecule has 5 rings (SSSR count). The SMILES string of the molecule is CC(=O)N1CCc2cc(-c3cnc4[nH]cc(C(=O)c5ccccc5Cl)c4c3)ccc2C1. The maximum absolute atomic E-state index is 13.1. The molecule has 0 saturated heterocycles. The first-order valence-corrected chi connectivity index (χ1v) is 10.5. The summed E-state index contributed by atoms with van der Waals surface area (Å²) in [6.07, 6.45) is 4.34. The van der Waals surface area contributed by atoms with Crippen LogP contribution in [0.4, 0.5) is 0 Å². The molecule has 0 unspecified atom stereocenters. The quantitative estimate of drug-likeness (QED) is 0.465.